The van der Waals surface area contributed by atoms with Crippen molar-refractivity contribution < 1.29 is 5.11 Å². The van der Waals surface area contributed by atoms with E-state index in [1.54, 1.807) is 0 Å². The first-order chi connectivity index (χ1) is 7.96. The molecule has 1 aliphatic rings. The van der Waals surface area contributed by atoms with Gasteiger partial charge < -0.3 is 10.4 Å². The van der Waals surface area contributed by atoms with Gasteiger partial charge in [-0.15, -0.1) is 0 Å². The molecule has 2 rings (SSSR count). The average molecular weight is 233 g/mol. The third kappa shape index (κ3) is 2.12. The van der Waals surface area contributed by atoms with Crippen molar-refractivity contribution in [1.82, 2.24) is 5.32 Å². The molecule has 0 radical (unpaired) electrons. The number of nitrogens with one attached hydrogen (secondary N) is 1. The monoisotopic (exact) mass is 233 g/mol. The van der Waals surface area contributed by atoms with Gasteiger partial charge in [-0.1, -0.05) is 6.07 Å². The van der Waals surface area contributed by atoms with Crippen LogP contribution in [-0.2, 0) is 5.60 Å². The van der Waals surface area contributed by atoms with Crippen LogP contribution in [0.2, 0.25) is 0 Å². The van der Waals surface area contributed by atoms with E-state index in [-0.39, 0.29) is 0 Å². The number of aliphatic hydroxyl groups is 1. The van der Waals surface area contributed by atoms with E-state index in [2.05, 4.69) is 39.1 Å². The lowest BCUT2D eigenvalue weighted by atomic mass is 9.79. The minimum atomic E-state index is -0.677. The van der Waals surface area contributed by atoms with E-state index in [0.29, 0.717) is 6.54 Å². The molecule has 0 bridgehead atoms. The number of aryl methyl sites for hydroxylation is 2. The third-order valence-corrected chi connectivity index (χ3v) is 4.19. The topological polar surface area (TPSA) is 32.3 Å². The number of piperidine rings is 1. The Bertz CT molecular complexity index is 405. The number of benzene rings is 1. The molecule has 2 N–H and O–H groups in total. The Labute approximate surface area is 104 Å². The van der Waals surface area contributed by atoms with Gasteiger partial charge in [0.15, 0.2) is 0 Å². The highest BCUT2D eigenvalue weighted by atomic mass is 16.3. The predicted molar refractivity (Wildman–Crippen MR) is 71.4 cm³/mol. The Balaban J connectivity index is 2.57. The minimum Gasteiger partial charge on any atom is -0.384 e. The summed E-state index contributed by atoms with van der Waals surface area (Å²) >= 11 is 0. The Hall–Kier alpha value is -0.860. The molecule has 2 nitrogen and oxygen atoms in total. The first-order valence-electron chi connectivity index (χ1n) is 6.47. The van der Waals surface area contributed by atoms with Crippen molar-refractivity contribution in [3.8, 4) is 0 Å². The zero-order valence-electron chi connectivity index (χ0n) is 11.4. The maximum absolute atomic E-state index is 10.9. The third-order valence-electron chi connectivity index (χ3n) is 4.19. The first kappa shape index (κ1) is 12.6. The summed E-state index contributed by atoms with van der Waals surface area (Å²) in [5.41, 5.74) is 5.54. The van der Waals surface area contributed by atoms with Crippen molar-refractivity contribution in [3.63, 3.8) is 0 Å². The Morgan fingerprint density at radius 1 is 1.12 bits per heavy atom. The Morgan fingerprint density at radius 3 is 2.18 bits per heavy atom. The van der Waals surface area contributed by atoms with Gasteiger partial charge in [0.2, 0.25) is 0 Å². The van der Waals surface area contributed by atoms with Crippen LogP contribution in [0.15, 0.2) is 6.07 Å². The molecule has 2 heteroatoms. The Kier molecular flexibility index (Phi) is 3.28. The van der Waals surface area contributed by atoms with Crippen molar-refractivity contribution in [2.45, 2.75) is 46.1 Å². The number of hydrogen-bond acceptors (Lipinski definition) is 2. The normalized spacial score (nSPS) is 25.0. The highest BCUT2D eigenvalue weighted by molar-refractivity contribution is 5.47. The maximum atomic E-state index is 10.9. The van der Waals surface area contributed by atoms with Crippen LogP contribution in [0.25, 0.3) is 0 Å². The van der Waals surface area contributed by atoms with Crippen LogP contribution in [-0.4, -0.2) is 18.2 Å². The van der Waals surface area contributed by atoms with Gasteiger partial charge in [0.1, 0.15) is 5.60 Å². The van der Waals surface area contributed by atoms with Crippen LogP contribution in [0.4, 0.5) is 0 Å². The highest BCUT2D eigenvalue weighted by Gasteiger charge is 2.34. The van der Waals surface area contributed by atoms with Gasteiger partial charge in [0.05, 0.1) is 0 Å². The summed E-state index contributed by atoms with van der Waals surface area (Å²) in [4.78, 5) is 0. The molecular formula is C15H23NO. The molecule has 1 aromatic rings. The molecule has 1 aliphatic heterocycles. The minimum absolute atomic E-state index is 0.677. The van der Waals surface area contributed by atoms with E-state index in [0.717, 1.165) is 24.9 Å². The summed E-state index contributed by atoms with van der Waals surface area (Å²) in [5.74, 6) is 0. The standard InChI is InChI=1S/C15H23NO/c1-10-8-11(2)13(4)14(12(10)3)15(17)6-5-7-16-9-15/h8,16-17H,5-7,9H2,1-4H3. The number of rotatable bonds is 1. The SMILES string of the molecule is Cc1cc(C)c(C)c(C2(O)CCCNC2)c1C. The largest absolute Gasteiger partial charge is 0.384 e. The van der Waals surface area contributed by atoms with Gasteiger partial charge in [-0.05, 0) is 74.9 Å². The van der Waals surface area contributed by atoms with Crippen molar-refractivity contribution in [3.05, 3.63) is 33.9 Å². The molecule has 1 heterocycles. The molecule has 17 heavy (non-hydrogen) atoms. The molecular weight excluding hydrogens is 210 g/mol. The molecule has 0 saturated carbocycles. The highest BCUT2D eigenvalue weighted by Crippen LogP contribution is 2.35. The van der Waals surface area contributed by atoms with E-state index in [1.165, 1.54) is 22.3 Å². The lowest BCUT2D eigenvalue weighted by Gasteiger charge is -2.36. The van der Waals surface area contributed by atoms with Crippen LogP contribution in [0.1, 0.15) is 40.7 Å². The zero-order valence-corrected chi connectivity index (χ0v) is 11.4. The second-order valence-corrected chi connectivity index (χ2v) is 5.45. The molecule has 1 saturated heterocycles. The van der Waals surface area contributed by atoms with Crippen molar-refractivity contribution in [2.24, 2.45) is 0 Å². The van der Waals surface area contributed by atoms with Crippen molar-refractivity contribution >= 4 is 0 Å². The second-order valence-electron chi connectivity index (χ2n) is 5.45. The second kappa shape index (κ2) is 4.43. The molecule has 1 atom stereocenters. The summed E-state index contributed by atoms with van der Waals surface area (Å²) in [7, 11) is 0. The van der Waals surface area contributed by atoms with Crippen LogP contribution >= 0.6 is 0 Å². The maximum Gasteiger partial charge on any atom is 0.103 e. The summed E-state index contributed by atoms with van der Waals surface area (Å²) in [5, 5.41) is 14.2. The summed E-state index contributed by atoms with van der Waals surface area (Å²) < 4.78 is 0. The van der Waals surface area contributed by atoms with Gasteiger partial charge in [-0.3, -0.25) is 0 Å². The van der Waals surface area contributed by atoms with Gasteiger partial charge in [0, 0.05) is 6.54 Å². The Morgan fingerprint density at radius 2 is 1.71 bits per heavy atom. The molecule has 94 valence electrons. The molecule has 0 aromatic heterocycles. The smallest absolute Gasteiger partial charge is 0.103 e. The fourth-order valence-electron chi connectivity index (χ4n) is 3.02. The number of β-amino-alcohol motifs (C(OH)–C–C–N with tert-alkyl or cyclic N) is 1. The van der Waals surface area contributed by atoms with E-state index in [4.69, 9.17) is 0 Å². The summed E-state index contributed by atoms with van der Waals surface area (Å²) in [6, 6.07) is 2.22. The fraction of sp³-hybridized carbons (Fsp3) is 0.600. The summed E-state index contributed by atoms with van der Waals surface area (Å²) in [6.45, 7) is 10.2. The quantitative estimate of drug-likeness (QED) is 0.781. The molecule has 0 amide bonds. The van der Waals surface area contributed by atoms with Gasteiger partial charge >= 0.3 is 0 Å². The van der Waals surface area contributed by atoms with Crippen LogP contribution in [0.5, 0.6) is 0 Å². The van der Waals surface area contributed by atoms with Crippen LogP contribution < -0.4 is 5.32 Å². The molecule has 1 aromatic carbocycles. The molecule has 0 spiro atoms. The van der Waals surface area contributed by atoms with Gasteiger partial charge in [-0.25, -0.2) is 0 Å². The van der Waals surface area contributed by atoms with E-state index in [1.807, 2.05) is 0 Å². The zero-order chi connectivity index (χ0) is 12.6. The fourth-order valence-corrected chi connectivity index (χ4v) is 3.02. The molecule has 1 unspecified atom stereocenters. The van der Waals surface area contributed by atoms with Crippen LogP contribution in [0.3, 0.4) is 0 Å². The lowest BCUT2D eigenvalue weighted by molar-refractivity contribution is 0.0111. The molecule has 0 aliphatic carbocycles. The predicted octanol–water partition coefficient (Wildman–Crippen LogP) is 2.49. The van der Waals surface area contributed by atoms with Crippen molar-refractivity contribution in [2.75, 3.05) is 13.1 Å². The van der Waals surface area contributed by atoms with Gasteiger partial charge in [-0.2, -0.15) is 0 Å². The van der Waals surface area contributed by atoms with E-state index >= 15 is 0 Å². The number of hydrogen-bond donors (Lipinski definition) is 2. The van der Waals surface area contributed by atoms with Crippen LogP contribution in [0, 0.1) is 27.7 Å². The lowest BCUT2D eigenvalue weighted by Crippen LogP contribution is -2.44. The van der Waals surface area contributed by atoms with Crippen molar-refractivity contribution in [1.29, 1.82) is 0 Å². The van der Waals surface area contributed by atoms with E-state index < -0.39 is 5.60 Å². The van der Waals surface area contributed by atoms with Gasteiger partial charge in [0.25, 0.3) is 0 Å². The summed E-state index contributed by atoms with van der Waals surface area (Å²) in [6.07, 6.45) is 1.91. The first-order valence-corrected chi connectivity index (χ1v) is 6.47. The van der Waals surface area contributed by atoms with E-state index in [9.17, 15) is 5.11 Å². The average Bonchev–Trinajstić information content (AvgIpc) is 2.27. The molecule has 1 fully saturated rings.